The van der Waals surface area contributed by atoms with Crippen molar-refractivity contribution in [1.82, 2.24) is 34.4 Å². The SMILES string of the molecule is O=C(c1ccc(-n2cncn2)nc1)N1CC(C(=O)N2CCCN(C3CCC3)CC2)C1. The Bertz CT molecular complexity index is 889. The van der Waals surface area contributed by atoms with Crippen LogP contribution in [0.25, 0.3) is 5.82 Å². The monoisotopic (exact) mass is 409 g/mol. The third-order valence-corrected chi connectivity index (χ3v) is 6.60. The fourth-order valence-corrected chi connectivity index (χ4v) is 4.49. The van der Waals surface area contributed by atoms with Crippen LogP contribution in [-0.4, -0.2) is 91.6 Å². The predicted molar refractivity (Wildman–Crippen MR) is 109 cm³/mol. The Hall–Kier alpha value is -2.81. The first kappa shape index (κ1) is 19.2. The fourth-order valence-electron chi connectivity index (χ4n) is 4.49. The quantitative estimate of drug-likeness (QED) is 0.743. The molecular formula is C21H27N7O2. The van der Waals surface area contributed by atoms with E-state index in [9.17, 15) is 9.59 Å². The van der Waals surface area contributed by atoms with Crippen LogP contribution in [0.5, 0.6) is 0 Å². The fraction of sp³-hybridized carbons (Fsp3) is 0.571. The molecular weight excluding hydrogens is 382 g/mol. The summed E-state index contributed by atoms with van der Waals surface area (Å²) in [5.74, 6) is 0.655. The molecule has 2 aliphatic heterocycles. The van der Waals surface area contributed by atoms with Gasteiger partial charge < -0.3 is 9.80 Å². The number of likely N-dealkylation sites (tertiary alicyclic amines) is 1. The number of hydrogen-bond acceptors (Lipinski definition) is 6. The van der Waals surface area contributed by atoms with Crippen LogP contribution in [0.15, 0.2) is 31.0 Å². The normalized spacial score (nSPS) is 21.1. The molecule has 0 aromatic carbocycles. The number of aromatic nitrogens is 4. The minimum absolute atomic E-state index is 0.0772. The standard InChI is InChI=1S/C21H27N7O2/c29-20(16-5-6-19(23-11-16)28-15-22-14-24-28)27-12-17(13-27)21(30)26-8-2-7-25(9-10-26)18-3-1-4-18/h5-6,11,14-15,17-18H,1-4,7-10,12-13H2. The lowest BCUT2D eigenvalue weighted by atomic mass is 9.91. The molecule has 2 amide bonds. The molecule has 2 aromatic heterocycles. The number of amides is 2. The van der Waals surface area contributed by atoms with Crippen LogP contribution in [0.3, 0.4) is 0 Å². The van der Waals surface area contributed by atoms with Gasteiger partial charge in [-0.2, -0.15) is 5.10 Å². The van der Waals surface area contributed by atoms with Crippen molar-refractivity contribution in [3.05, 3.63) is 36.5 Å². The summed E-state index contributed by atoms with van der Waals surface area (Å²) >= 11 is 0. The van der Waals surface area contributed by atoms with E-state index in [1.165, 1.54) is 25.6 Å². The Morgan fingerprint density at radius 3 is 2.50 bits per heavy atom. The summed E-state index contributed by atoms with van der Waals surface area (Å²) in [6.45, 7) is 4.71. The second-order valence-electron chi connectivity index (χ2n) is 8.45. The topological polar surface area (TPSA) is 87.5 Å². The molecule has 2 saturated heterocycles. The largest absolute Gasteiger partial charge is 0.341 e. The van der Waals surface area contributed by atoms with Crippen molar-refractivity contribution in [3.8, 4) is 5.82 Å². The van der Waals surface area contributed by atoms with Gasteiger partial charge in [0.15, 0.2) is 5.82 Å². The Labute approximate surface area is 175 Å². The second kappa shape index (κ2) is 8.14. The maximum absolute atomic E-state index is 12.9. The molecule has 5 rings (SSSR count). The third kappa shape index (κ3) is 3.69. The summed E-state index contributed by atoms with van der Waals surface area (Å²) in [6.07, 6.45) is 9.55. The zero-order valence-corrected chi connectivity index (χ0v) is 17.1. The van der Waals surface area contributed by atoms with Crippen LogP contribution >= 0.6 is 0 Å². The van der Waals surface area contributed by atoms with Gasteiger partial charge in [-0.1, -0.05) is 6.42 Å². The molecule has 0 N–H and O–H groups in total. The second-order valence-corrected chi connectivity index (χ2v) is 8.45. The van der Waals surface area contributed by atoms with Crippen LogP contribution in [0, 0.1) is 5.92 Å². The van der Waals surface area contributed by atoms with Crippen molar-refractivity contribution in [2.75, 3.05) is 39.3 Å². The maximum Gasteiger partial charge on any atom is 0.255 e. The van der Waals surface area contributed by atoms with Crippen molar-refractivity contribution in [2.45, 2.75) is 31.7 Å². The van der Waals surface area contributed by atoms with Crippen LogP contribution in [0.1, 0.15) is 36.0 Å². The summed E-state index contributed by atoms with van der Waals surface area (Å²) in [5.41, 5.74) is 0.524. The Balaban J connectivity index is 1.13. The van der Waals surface area contributed by atoms with Crippen LogP contribution < -0.4 is 0 Å². The Kier molecular flexibility index (Phi) is 5.20. The number of pyridine rings is 1. The molecule has 1 saturated carbocycles. The first-order valence-electron chi connectivity index (χ1n) is 10.8. The van der Waals surface area contributed by atoms with Crippen molar-refractivity contribution in [2.24, 2.45) is 5.92 Å². The van der Waals surface area contributed by atoms with Gasteiger partial charge in [-0.15, -0.1) is 0 Å². The minimum atomic E-state index is -0.0799. The van der Waals surface area contributed by atoms with Crippen molar-refractivity contribution in [3.63, 3.8) is 0 Å². The van der Waals surface area contributed by atoms with Gasteiger partial charge in [0.2, 0.25) is 5.91 Å². The smallest absolute Gasteiger partial charge is 0.255 e. The highest BCUT2D eigenvalue weighted by atomic mass is 16.2. The Morgan fingerprint density at radius 2 is 1.83 bits per heavy atom. The molecule has 4 heterocycles. The summed E-state index contributed by atoms with van der Waals surface area (Å²) in [4.78, 5) is 40.1. The lowest BCUT2D eigenvalue weighted by Gasteiger charge is -2.40. The third-order valence-electron chi connectivity index (χ3n) is 6.60. The van der Waals surface area contributed by atoms with E-state index in [1.54, 1.807) is 34.2 Å². The van der Waals surface area contributed by atoms with Gasteiger partial charge >= 0.3 is 0 Å². The van der Waals surface area contributed by atoms with E-state index >= 15 is 0 Å². The van der Waals surface area contributed by atoms with Crippen LogP contribution in [-0.2, 0) is 4.79 Å². The molecule has 2 aromatic rings. The average Bonchev–Trinajstić information content (AvgIpc) is 3.12. The molecule has 0 atom stereocenters. The van der Waals surface area contributed by atoms with Crippen LogP contribution in [0.4, 0.5) is 0 Å². The van der Waals surface area contributed by atoms with E-state index in [-0.39, 0.29) is 17.7 Å². The molecule has 0 unspecified atom stereocenters. The maximum atomic E-state index is 12.9. The van der Waals surface area contributed by atoms with Crippen molar-refractivity contribution < 1.29 is 9.59 Å². The van der Waals surface area contributed by atoms with Gasteiger partial charge in [0.05, 0.1) is 11.5 Å². The molecule has 0 bridgehead atoms. The van der Waals surface area contributed by atoms with Gasteiger partial charge in [-0.05, 0) is 31.4 Å². The number of hydrogen-bond donors (Lipinski definition) is 0. The highest BCUT2D eigenvalue weighted by molar-refractivity contribution is 5.96. The highest BCUT2D eigenvalue weighted by Gasteiger charge is 2.39. The highest BCUT2D eigenvalue weighted by Crippen LogP contribution is 2.26. The number of nitrogens with zero attached hydrogens (tertiary/aromatic N) is 7. The van der Waals surface area contributed by atoms with Gasteiger partial charge in [0, 0.05) is 51.5 Å². The number of rotatable bonds is 4. The Morgan fingerprint density at radius 1 is 0.967 bits per heavy atom. The van der Waals surface area contributed by atoms with E-state index in [2.05, 4.69) is 20.0 Å². The van der Waals surface area contributed by atoms with E-state index in [0.717, 1.165) is 38.6 Å². The summed E-state index contributed by atoms with van der Waals surface area (Å²) in [5, 5.41) is 4.03. The van der Waals surface area contributed by atoms with Gasteiger partial charge in [0.1, 0.15) is 12.7 Å². The molecule has 1 aliphatic carbocycles. The molecule has 30 heavy (non-hydrogen) atoms. The van der Waals surface area contributed by atoms with Gasteiger partial charge in [-0.25, -0.2) is 14.6 Å². The van der Waals surface area contributed by atoms with Gasteiger partial charge in [-0.3, -0.25) is 14.5 Å². The number of carbonyl (C=O) groups is 2. The van der Waals surface area contributed by atoms with Crippen molar-refractivity contribution >= 4 is 11.8 Å². The molecule has 0 spiro atoms. The zero-order chi connectivity index (χ0) is 20.5. The zero-order valence-electron chi connectivity index (χ0n) is 17.1. The first-order valence-corrected chi connectivity index (χ1v) is 10.8. The molecule has 158 valence electrons. The molecule has 0 radical (unpaired) electrons. The summed E-state index contributed by atoms with van der Waals surface area (Å²) < 4.78 is 1.54. The minimum Gasteiger partial charge on any atom is -0.341 e. The van der Waals surface area contributed by atoms with E-state index in [4.69, 9.17) is 0 Å². The first-order chi connectivity index (χ1) is 14.7. The van der Waals surface area contributed by atoms with E-state index in [0.29, 0.717) is 24.5 Å². The van der Waals surface area contributed by atoms with Crippen LogP contribution in [0.2, 0.25) is 0 Å². The molecule has 3 aliphatic rings. The lowest BCUT2D eigenvalue weighted by Crippen LogP contribution is -2.56. The molecule has 9 heteroatoms. The van der Waals surface area contributed by atoms with E-state index in [1.807, 2.05) is 4.90 Å². The number of carbonyl (C=O) groups excluding carboxylic acids is 2. The van der Waals surface area contributed by atoms with Crippen molar-refractivity contribution in [1.29, 1.82) is 0 Å². The lowest BCUT2D eigenvalue weighted by molar-refractivity contribution is -0.139. The summed E-state index contributed by atoms with van der Waals surface area (Å²) in [7, 11) is 0. The molecule has 9 nitrogen and oxygen atoms in total. The average molecular weight is 409 g/mol. The summed E-state index contributed by atoms with van der Waals surface area (Å²) in [6, 6.07) is 4.22. The predicted octanol–water partition coefficient (Wildman–Crippen LogP) is 0.821. The van der Waals surface area contributed by atoms with Gasteiger partial charge in [0.25, 0.3) is 5.91 Å². The van der Waals surface area contributed by atoms with E-state index < -0.39 is 0 Å². The molecule has 3 fully saturated rings.